The van der Waals surface area contributed by atoms with Gasteiger partial charge in [0.15, 0.2) is 0 Å². The molecular weight excluding hydrogens is 174 g/mol. The van der Waals surface area contributed by atoms with Crippen molar-refractivity contribution < 1.29 is 19.8 Å². The summed E-state index contributed by atoms with van der Waals surface area (Å²) >= 11 is 0. The summed E-state index contributed by atoms with van der Waals surface area (Å²) in [5.41, 5.74) is -0.784. The van der Waals surface area contributed by atoms with Gasteiger partial charge in [0, 0.05) is 6.54 Å². The summed E-state index contributed by atoms with van der Waals surface area (Å²) in [6.45, 7) is 0.166. The number of carboxylic acid groups (broad SMARTS) is 1. The number of rotatable bonds is 4. The molecule has 0 aromatic carbocycles. The molecule has 1 saturated carbocycles. The molecule has 0 radical (unpaired) electrons. The lowest BCUT2D eigenvalue weighted by Gasteiger charge is -2.36. The molecule has 1 aliphatic rings. The van der Waals surface area contributed by atoms with Crippen LogP contribution in [0.1, 0.15) is 25.7 Å². The monoisotopic (exact) mass is 187 g/mol. The third kappa shape index (κ3) is 3.02. The molecule has 1 fully saturated rings. The van der Waals surface area contributed by atoms with Crippen LogP contribution in [0, 0.1) is 0 Å². The summed E-state index contributed by atoms with van der Waals surface area (Å²) in [7, 11) is 0. The van der Waals surface area contributed by atoms with Crippen molar-refractivity contribution in [1.82, 2.24) is 5.32 Å². The second kappa shape index (κ2) is 3.74. The molecule has 0 aromatic rings. The fourth-order valence-corrected chi connectivity index (χ4v) is 1.22. The highest BCUT2D eigenvalue weighted by Gasteiger charge is 2.34. The maximum Gasteiger partial charge on any atom is 0.312 e. The van der Waals surface area contributed by atoms with Crippen molar-refractivity contribution in [3.05, 3.63) is 0 Å². The number of hydrogen-bond acceptors (Lipinski definition) is 3. The van der Waals surface area contributed by atoms with Crippen LogP contribution in [0.5, 0.6) is 0 Å². The lowest BCUT2D eigenvalue weighted by atomic mass is 9.80. The van der Waals surface area contributed by atoms with Gasteiger partial charge in [-0.15, -0.1) is 0 Å². The average molecular weight is 187 g/mol. The van der Waals surface area contributed by atoms with Crippen molar-refractivity contribution in [3.8, 4) is 0 Å². The van der Waals surface area contributed by atoms with Crippen LogP contribution in [0.3, 0.4) is 0 Å². The first-order valence-electron chi connectivity index (χ1n) is 4.23. The first-order valence-corrected chi connectivity index (χ1v) is 4.23. The molecular formula is C8H13NO4. The third-order valence-corrected chi connectivity index (χ3v) is 2.21. The number of hydrogen-bond donors (Lipinski definition) is 3. The van der Waals surface area contributed by atoms with E-state index in [0.29, 0.717) is 12.8 Å². The summed E-state index contributed by atoms with van der Waals surface area (Å²) in [5, 5.41) is 20.2. The van der Waals surface area contributed by atoms with Crippen molar-refractivity contribution in [1.29, 1.82) is 0 Å². The quantitative estimate of drug-likeness (QED) is 0.517. The number of amides is 1. The number of aliphatic hydroxyl groups is 1. The van der Waals surface area contributed by atoms with E-state index in [9.17, 15) is 14.7 Å². The molecule has 13 heavy (non-hydrogen) atoms. The molecule has 0 bridgehead atoms. The third-order valence-electron chi connectivity index (χ3n) is 2.21. The van der Waals surface area contributed by atoms with Gasteiger partial charge in [0.2, 0.25) is 5.91 Å². The number of carbonyl (C=O) groups excluding carboxylic acids is 1. The van der Waals surface area contributed by atoms with E-state index in [1.807, 2.05) is 0 Å². The van der Waals surface area contributed by atoms with Gasteiger partial charge in [-0.25, -0.2) is 0 Å². The standard InChI is InChI=1S/C8H13NO4/c10-6(4-7(11)12)9-5-8(13)2-1-3-8/h13H,1-5H2,(H,9,10)(H,11,12). The van der Waals surface area contributed by atoms with Gasteiger partial charge >= 0.3 is 5.97 Å². The Labute approximate surface area is 75.7 Å². The van der Waals surface area contributed by atoms with Crippen LogP contribution in [0.25, 0.3) is 0 Å². The zero-order chi connectivity index (χ0) is 9.90. The minimum absolute atomic E-state index is 0.166. The molecule has 0 atom stereocenters. The van der Waals surface area contributed by atoms with Crippen LogP contribution in [0.4, 0.5) is 0 Å². The van der Waals surface area contributed by atoms with Crippen LogP contribution >= 0.6 is 0 Å². The van der Waals surface area contributed by atoms with Gasteiger partial charge in [0.1, 0.15) is 6.42 Å². The van der Waals surface area contributed by atoms with E-state index < -0.39 is 23.9 Å². The molecule has 0 aliphatic heterocycles. The Morgan fingerprint density at radius 3 is 2.38 bits per heavy atom. The summed E-state index contributed by atoms with van der Waals surface area (Å²) < 4.78 is 0. The van der Waals surface area contributed by atoms with E-state index >= 15 is 0 Å². The van der Waals surface area contributed by atoms with Gasteiger partial charge < -0.3 is 15.5 Å². The number of aliphatic carboxylic acids is 1. The zero-order valence-electron chi connectivity index (χ0n) is 7.25. The average Bonchev–Trinajstić information content (AvgIpc) is 1.96. The molecule has 0 unspecified atom stereocenters. The predicted molar refractivity (Wildman–Crippen MR) is 44.1 cm³/mol. The number of carboxylic acids is 1. The van der Waals surface area contributed by atoms with Crippen molar-refractivity contribution >= 4 is 11.9 Å². The highest BCUT2D eigenvalue weighted by atomic mass is 16.4. The number of nitrogens with one attached hydrogen (secondary N) is 1. The molecule has 1 aliphatic carbocycles. The lowest BCUT2D eigenvalue weighted by molar-refractivity contribution is -0.141. The summed E-state index contributed by atoms with van der Waals surface area (Å²) in [6, 6.07) is 0. The van der Waals surface area contributed by atoms with E-state index in [2.05, 4.69) is 5.32 Å². The SMILES string of the molecule is O=C(O)CC(=O)NCC1(O)CCC1. The van der Waals surface area contributed by atoms with E-state index in [1.54, 1.807) is 0 Å². The molecule has 0 aromatic heterocycles. The van der Waals surface area contributed by atoms with Crippen LogP contribution in [-0.4, -0.2) is 34.2 Å². The fourth-order valence-electron chi connectivity index (χ4n) is 1.22. The van der Waals surface area contributed by atoms with Gasteiger partial charge in [-0.1, -0.05) is 0 Å². The van der Waals surface area contributed by atoms with Crippen LogP contribution in [0.15, 0.2) is 0 Å². The van der Waals surface area contributed by atoms with E-state index in [-0.39, 0.29) is 6.54 Å². The number of carbonyl (C=O) groups is 2. The minimum Gasteiger partial charge on any atom is -0.481 e. The minimum atomic E-state index is -1.15. The van der Waals surface area contributed by atoms with Crippen LogP contribution < -0.4 is 5.32 Å². The molecule has 1 rings (SSSR count). The highest BCUT2D eigenvalue weighted by Crippen LogP contribution is 2.30. The Morgan fingerprint density at radius 2 is 2.00 bits per heavy atom. The maximum atomic E-state index is 10.8. The largest absolute Gasteiger partial charge is 0.481 e. The first-order chi connectivity index (χ1) is 6.02. The second-order valence-electron chi connectivity index (χ2n) is 3.43. The summed E-state index contributed by atoms with van der Waals surface area (Å²) in [4.78, 5) is 20.9. The van der Waals surface area contributed by atoms with Gasteiger partial charge in [-0.2, -0.15) is 0 Å². The van der Waals surface area contributed by atoms with E-state index in [4.69, 9.17) is 5.11 Å². The Balaban J connectivity index is 2.18. The molecule has 0 saturated heterocycles. The predicted octanol–water partition coefficient (Wildman–Crippen LogP) is -0.508. The van der Waals surface area contributed by atoms with Crippen molar-refractivity contribution in [3.63, 3.8) is 0 Å². The normalized spacial score (nSPS) is 18.8. The fraction of sp³-hybridized carbons (Fsp3) is 0.750. The van der Waals surface area contributed by atoms with Gasteiger partial charge in [0.05, 0.1) is 5.60 Å². The van der Waals surface area contributed by atoms with E-state index in [1.165, 1.54) is 0 Å². The summed E-state index contributed by atoms with van der Waals surface area (Å²) in [6.07, 6.45) is 1.79. The molecule has 3 N–H and O–H groups in total. The van der Waals surface area contributed by atoms with Crippen molar-refractivity contribution in [2.24, 2.45) is 0 Å². The topological polar surface area (TPSA) is 86.6 Å². The molecule has 0 heterocycles. The lowest BCUT2D eigenvalue weighted by Crippen LogP contribution is -2.48. The molecule has 5 nitrogen and oxygen atoms in total. The second-order valence-corrected chi connectivity index (χ2v) is 3.43. The van der Waals surface area contributed by atoms with Crippen molar-refractivity contribution in [2.75, 3.05) is 6.54 Å². The van der Waals surface area contributed by atoms with Crippen LogP contribution in [0.2, 0.25) is 0 Å². The van der Waals surface area contributed by atoms with Crippen LogP contribution in [-0.2, 0) is 9.59 Å². The van der Waals surface area contributed by atoms with Crippen molar-refractivity contribution in [2.45, 2.75) is 31.3 Å². The molecule has 74 valence electrons. The van der Waals surface area contributed by atoms with E-state index in [0.717, 1.165) is 6.42 Å². The Bertz CT molecular complexity index is 222. The first kappa shape index (κ1) is 9.98. The zero-order valence-corrected chi connectivity index (χ0v) is 7.25. The molecule has 5 heteroatoms. The van der Waals surface area contributed by atoms with Gasteiger partial charge in [-0.3, -0.25) is 9.59 Å². The molecule has 0 spiro atoms. The maximum absolute atomic E-state index is 10.8. The Morgan fingerprint density at radius 1 is 1.38 bits per heavy atom. The smallest absolute Gasteiger partial charge is 0.312 e. The highest BCUT2D eigenvalue weighted by molar-refractivity contribution is 5.93. The summed E-state index contributed by atoms with van der Waals surface area (Å²) in [5.74, 6) is -1.70. The Kier molecular flexibility index (Phi) is 2.87. The van der Waals surface area contributed by atoms with Gasteiger partial charge in [0.25, 0.3) is 0 Å². The van der Waals surface area contributed by atoms with Gasteiger partial charge in [-0.05, 0) is 19.3 Å². The Hall–Kier alpha value is -1.10. The molecule has 1 amide bonds.